The van der Waals surface area contributed by atoms with Crippen LogP contribution in [0, 0.1) is 6.92 Å². The van der Waals surface area contributed by atoms with Gasteiger partial charge in [0.2, 0.25) is 0 Å². The summed E-state index contributed by atoms with van der Waals surface area (Å²) >= 11 is 0. The zero-order chi connectivity index (χ0) is 16.9. The maximum Gasteiger partial charge on any atom is 0.253 e. The van der Waals surface area contributed by atoms with Gasteiger partial charge in [0.15, 0.2) is 0 Å². The first-order valence-electron chi connectivity index (χ1n) is 7.68. The van der Waals surface area contributed by atoms with Crippen molar-refractivity contribution in [2.75, 3.05) is 6.54 Å². The summed E-state index contributed by atoms with van der Waals surface area (Å²) in [4.78, 5) is 16.8. The predicted molar refractivity (Wildman–Crippen MR) is 90.4 cm³/mol. The molecule has 5 nitrogen and oxygen atoms in total. The average molecular weight is 322 g/mol. The van der Waals surface area contributed by atoms with Gasteiger partial charge in [-0.15, -0.1) is 0 Å². The van der Waals surface area contributed by atoms with Gasteiger partial charge >= 0.3 is 0 Å². The number of aryl methyl sites for hydroxylation is 1. The number of amides is 1. The van der Waals surface area contributed by atoms with Crippen molar-refractivity contribution in [3.63, 3.8) is 0 Å². The van der Waals surface area contributed by atoms with E-state index in [0.29, 0.717) is 17.0 Å². The fraction of sp³-hybridized carbons (Fsp3) is 0.158. The zero-order valence-corrected chi connectivity index (χ0v) is 13.3. The lowest BCUT2D eigenvalue weighted by Gasteiger charge is -2.11. The van der Waals surface area contributed by atoms with Gasteiger partial charge in [-0.25, -0.2) is 0 Å². The highest BCUT2D eigenvalue weighted by Gasteiger charge is 2.15. The Morgan fingerprint density at radius 1 is 1.17 bits per heavy atom. The number of carbonyl (C=O) groups is 1. The first kappa shape index (κ1) is 16.0. The Morgan fingerprint density at radius 2 is 1.96 bits per heavy atom. The third-order valence-electron chi connectivity index (χ3n) is 3.73. The smallest absolute Gasteiger partial charge is 0.253 e. The van der Waals surface area contributed by atoms with Gasteiger partial charge in [0.05, 0.1) is 29.8 Å². The van der Waals surface area contributed by atoms with Gasteiger partial charge in [-0.2, -0.15) is 0 Å². The standard InChI is InChI=1S/C19H18N2O3/c1-13-15(9-10-16(21-13)14-6-3-2-4-7-14)19(23)20-12-17(22)18-8-5-11-24-18/h2-11,17,22H,12H2,1H3,(H,20,23). The molecule has 1 atom stereocenters. The largest absolute Gasteiger partial charge is 0.467 e. The van der Waals surface area contributed by atoms with E-state index in [0.717, 1.165) is 11.3 Å². The summed E-state index contributed by atoms with van der Waals surface area (Å²) in [5.74, 6) is 0.148. The van der Waals surface area contributed by atoms with Gasteiger partial charge in [0, 0.05) is 5.56 Å². The molecule has 24 heavy (non-hydrogen) atoms. The van der Waals surface area contributed by atoms with Crippen LogP contribution in [0.2, 0.25) is 0 Å². The van der Waals surface area contributed by atoms with Crippen LogP contribution in [-0.2, 0) is 0 Å². The molecule has 0 radical (unpaired) electrons. The molecular formula is C19H18N2O3. The minimum absolute atomic E-state index is 0.0756. The molecule has 0 aliphatic rings. The first-order valence-corrected chi connectivity index (χ1v) is 7.68. The quantitative estimate of drug-likeness (QED) is 0.757. The molecule has 2 aromatic heterocycles. The van der Waals surface area contributed by atoms with Gasteiger partial charge < -0.3 is 14.8 Å². The van der Waals surface area contributed by atoms with Crippen molar-refractivity contribution in [3.8, 4) is 11.3 Å². The van der Waals surface area contributed by atoms with Crippen molar-refractivity contribution in [2.45, 2.75) is 13.0 Å². The van der Waals surface area contributed by atoms with E-state index in [1.165, 1.54) is 6.26 Å². The third-order valence-corrected chi connectivity index (χ3v) is 3.73. The van der Waals surface area contributed by atoms with Crippen molar-refractivity contribution < 1.29 is 14.3 Å². The number of aliphatic hydroxyl groups is 1. The molecule has 0 aliphatic carbocycles. The van der Waals surface area contributed by atoms with E-state index >= 15 is 0 Å². The summed E-state index contributed by atoms with van der Waals surface area (Å²) in [7, 11) is 0. The monoisotopic (exact) mass is 322 g/mol. The van der Waals surface area contributed by atoms with Gasteiger partial charge in [-0.1, -0.05) is 30.3 Å². The molecule has 1 aromatic carbocycles. The summed E-state index contributed by atoms with van der Waals surface area (Å²) < 4.78 is 5.11. The number of nitrogens with zero attached hydrogens (tertiary/aromatic N) is 1. The fourth-order valence-corrected chi connectivity index (χ4v) is 2.44. The Hall–Kier alpha value is -2.92. The SMILES string of the molecule is Cc1nc(-c2ccccc2)ccc1C(=O)NCC(O)c1ccco1. The minimum Gasteiger partial charge on any atom is -0.467 e. The number of furan rings is 1. The number of pyridine rings is 1. The second-order valence-electron chi connectivity index (χ2n) is 5.44. The maximum absolute atomic E-state index is 12.3. The number of rotatable bonds is 5. The molecule has 122 valence electrons. The van der Waals surface area contributed by atoms with E-state index in [2.05, 4.69) is 10.3 Å². The maximum atomic E-state index is 12.3. The molecule has 2 heterocycles. The van der Waals surface area contributed by atoms with Crippen molar-refractivity contribution in [1.29, 1.82) is 0 Å². The lowest BCUT2D eigenvalue weighted by Crippen LogP contribution is -2.29. The van der Waals surface area contributed by atoms with Crippen LogP contribution in [0.4, 0.5) is 0 Å². The van der Waals surface area contributed by atoms with E-state index < -0.39 is 6.10 Å². The van der Waals surface area contributed by atoms with Crippen molar-refractivity contribution in [3.05, 3.63) is 77.9 Å². The van der Waals surface area contributed by atoms with E-state index in [4.69, 9.17) is 4.42 Å². The van der Waals surface area contributed by atoms with Gasteiger partial charge in [0.25, 0.3) is 5.91 Å². The molecule has 3 aromatic rings. The molecular weight excluding hydrogens is 304 g/mol. The van der Waals surface area contributed by atoms with Gasteiger partial charge in [-0.3, -0.25) is 9.78 Å². The normalized spacial score (nSPS) is 11.9. The number of benzene rings is 1. The molecule has 0 saturated heterocycles. The number of nitrogens with one attached hydrogen (secondary N) is 1. The second-order valence-corrected chi connectivity index (χ2v) is 5.44. The summed E-state index contributed by atoms with van der Waals surface area (Å²) in [5, 5.41) is 12.6. The minimum atomic E-state index is -0.874. The molecule has 2 N–H and O–H groups in total. The lowest BCUT2D eigenvalue weighted by atomic mass is 10.1. The molecule has 1 unspecified atom stereocenters. The lowest BCUT2D eigenvalue weighted by molar-refractivity contribution is 0.0900. The van der Waals surface area contributed by atoms with Crippen LogP contribution in [-0.4, -0.2) is 22.5 Å². The molecule has 0 aliphatic heterocycles. The Labute approximate surface area is 140 Å². The number of aromatic nitrogens is 1. The van der Waals surface area contributed by atoms with Crippen LogP contribution in [0.3, 0.4) is 0 Å². The highest BCUT2D eigenvalue weighted by atomic mass is 16.4. The zero-order valence-electron chi connectivity index (χ0n) is 13.3. The summed E-state index contributed by atoms with van der Waals surface area (Å²) in [6.07, 6.45) is 0.609. The van der Waals surface area contributed by atoms with Crippen LogP contribution in [0.25, 0.3) is 11.3 Å². The van der Waals surface area contributed by atoms with E-state index in [-0.39, 0.29) is 12.5 Å². The highest BCUT2D eigenvalue weighted by Crippen LogP contribution is 2.19. The van der Waals surface area contributed by atoms with Crippen LogP contribution in [0.15, 0.2) is 65.3 Å². The Kier molecular flexibility index (Phi) is 4.72. The van der Waals surface area contributed by atoms with Crippen LogP contribution >= 0.6 is 0 Å². The summed E-state index contributed by atoms with van der Waals surface area (Å²) in [5.41, 5.74) is 2.95. The molecule has 5 heteroatoms. The molecule has 0 fully saturated rings. The Balaban J connectivity index is 1.69. The van der Waals surface area contributed by atoms with Gasteiger partial charge in [-0.05, 0) is 31.2 Å². The molecule has 0 spiro atoms. The highest BCUT2D eigenvalue weighted by molar-refractivity contribution is 5.95. The molecule has 0 bridgehead atoms. The summed E-state index contributed by atoms with van der Waals surface area (Å²) in [6.45, 7) is 1.87. The van der Waals surface area contributed by atoms with E-state index in [9.17, 15) is 9.90 Å². The number of hydrogen-bond donors (Lipinski definition) is 2. The number of aliphatic hydroxyl groups excluding tert-OH is 1. The Bertz CT molecular complexity index is 814. The predicted octanol–water partition coefficient (Wildman–Crippen LogP) is 3.11. The van der Waals surface area contributed by atoms with Crippen LogP contribution in [0.1, 0.15) is 27.9 Å². The average Bonchev–Trinajstić information content (AvgIpc) is 3.15. The molecule has 1 amide bonds. The van der Waals surface area contributed by atoms with Crippen molar-refractivity contribution >= 4 is 5.91 Å². The van der Waals surface area contributed by atoms with E-state index in [1.54, 1.807) is 25.1 Å². The van der Waals surface area contributed by atoms with Crippen LogP contribution < -0.4 is 5.32 Å². The number of carbonyl (C=O) groups excluding carboxylic acids is 1. The first-order chi connectivity index (χ1) is 11.6. The van der Waals surface area contributed by atoms with Gasteiger partial charge in [0.1, 0.15) is 11.9 Å². The molecule has 0 saturated carbocycles. The molecule has 3 rings (SSSR count). The van der Waals surface area contributed by atoms with E-state index in [1.807, 2.05) is 36.4 Å². The Morgan fingerprint density at radius 3 is 2.62 bits per heavy atom. The van der Waals surface area contributed by atoms with Crippen LogP contribution in [0.5, 0.6) is 0 Å². The van der Waals surface area contributed by atoms with Crippen molar-refractivity contribution in [2.24, 2.45) is 0 Å². The van der Waals surface area contributed by atoms with Crippen molar-refractivity contribution in [1.82, 2.24) is 10.3 Å². The number of hydrogen-bond acceptors (Lipinski definition) is 4. The fourth-order valence-electron chi connectivity index (χ4n) is 2.44. The topological polar surface area (TPSA) is 75.4 Å². The summed E-state index contributed by atoms with van der Waals surface area (Å²) in [6, 6.07) is 16.7. The third kappa shape index (κ3) is 3.52. The second kappa shape index (κ2) is 7.10.